The zero-order valence-electron chi connectivity index (χ0n) is 14.5. The molecule has 0 heterocycles. The highest BCUT2D eigenvalue weighted by Crippen LogP contribution is 2.23. The molecule has 2 rings (SSSR count). The second-order valence-electron chi connectivity index (χ2n) is 5.55. The van der Waals surface area contributed by atoms with Crippen molar-refractivity contribution in [2.24, 2.45) is 0 Å². The molecule has 0 saturated heterocycles. The molecular formula is C20H20O5. The summed E-state index contributed by atoms with van der Waals surface area (Å²) in [6, 6.07) is 10.5. The smallest absolute Gasteiger partial charge is 0.379 e. The summed E-state index contributed by atoms with van der Waals surface area (Å²) >= 11 is 0. The lowest BCUT2D eigenvalue weighted by Crippen LogP contribution is -2.19. The summed E-state index contributed by atoms with van der Waals surface area (Å²) in [5, 5.41) is 0. The van der Waals surface area contributed by atoms with E-state index in [-0.39, 0.29) is 12.2 Å². The molecule has 0 fully saturated rings. The Labute approximate surface area is 146 Å². The predicted octanol–water partition coefficient (Wildman–Crippen LogP) is 3.30. The number of ether oxygens (including phenoxy) is 2. The zero-order chi connectivity index (χ0) is 18.4. The Morgan fingerprint density at radius 3 is 2.52 bits per heavy atom. The normalized spacial score (nSPS) is 10.2. The average molecular weight is 340 g/mol. The van der Waals surface area contributed by atoms with Gasteiger partial charge in [-0.15, -0.1) is 0 Å². The van der Waals surface area contributed by atoms with Crippen molar-refractivity contribution in [3.05, 3.63) is 64.2 Å². The third kappa shape index (κ3) is 4.12. The summed E-state index contributed by atoms with van der Waals surface area (Å²) in [4.78, 5) is 35.1. The van der Waals surface area contributed by atoms with Crippen LogP contribution < -0.4 is 4.74 Å². The zero-order valence-corrected chi connectivity index (χ0v) is 14.5. The van der Waals surface area contributed by atoms with Crippen LogP contribution in [0.5, 0.6) is 5.75 Å². The second-order valence-corrected chi connectivity index (χ2v) is 5.55. The van der Waals surface area contributed by atoms with Gasteiger partial charge in [0.15, 0.2) is 0 Å². The van der Waals surface area contributed by atoms with Crippen molar-refractivity contribution in [1.29, 1.82) is 0 Å². The van der Waals surface area contributed by atoms with Crippen LogP contribution in [0, 0.1) is 6.92 Å². The number of hydrogen-bond donors (Lipinski definition) is 0. The Morgan fingerprint density at radius 1 is 1.16 bits per heavy atom. The minimum Gasteiger partial charge on any atom is -0.489 e. The highest BCUT2D eigenvalue weighted by atomic mass is 16.5. The molecule has 0 aromatic heterocycles. The first-order valence-corrected chi connectivity index (χ1v) is 7.93. The van der Waals surface area contributed by atoms with Crippen LogP contribution in [0.4, 0.5) is 0 Å². The van der Waals surface area contributed by atoms with Crippen molar-refractivity contribution in [2.75, 3.05) is 7.11 Å². The van der Waals surface area contributed by atoms with Gasteiger partial charge in [-0.3, -0.25) is 9.59 Å². The van der Waals surface area contributed by atoms with E-state index in [1.54, 1.807) is 12.1 Å². The highest BCUT2D eigenvalue weighted by Gasteiger charge is 2.22. The molecule has 0 aliphatic heterocycles. The van der Waals surface area contributed by atoms with Gasteiger partial charge in [0.1, 0.15) is 18.6 Å². The first kappa shape index (κ1) is 18.4. The Balaban J connectivity index is 2.33. The number of carbonyl (C=O) groups is 3. The standard InChI is InChI=1S/C20H20O5/c1-4-14-8-9-18(13(2)10-14)25-12-17-15(11-21)6-5-7-16(17)19(22)20(23)24-3/h5-11H,4,12H2,1-3H3. The molecule has 0 aliphatic rings. The van der Waals surface area contributed by atoms with Crippen LogP contribution in [-0.2, 0) is 22.6 Å². The maximum absolute atomic E-state index is 12.2. The molecule has 0 saturated carbocycles. The van der Waals surface area contributed by atoms with Gasteiger partial charge in [-0.1, -0.05) is 37.3 Å². The fourth-order valence-corrected chi connectivity index (χ4v) is 2.53. The number of carbonyl (C=O) groups excluding carboxylic acids is 3. The average Bonchev–Trinajstić information content (AvgIpc) is 2.65. The Kier molecular flexibility index (Phi) is 6.06. The van der Waals surface area contributed by atoms with Crippen LogP contribution in [-0.4, -0.2) is 25.1 Å². The van der Waals surface area contributed by atoms with Crippen molar-refractivity contribution in [2.45, 2.75) is 26.9 Å². The second kappa shape index (κ2) is 8.24. The molecule has 5 heteroatoms. The van der Waals surface area contributed by atoms with Gasteiger partial charge >= 0.3 is 5.97 Å². The van der Waals surface area contributed by atoms with Gasteiger partial charge in [0.25, 0.3) is 5.78 Å². The molecule has 0 unspecified atom stereocenters. The maximum atomic E-state index is 12.2. The summed E-state index contributed by atoms with van der Waals surface area (Å²) < 4.78 is 10.3. The topological polar surface area (TPSA) is 69.7 Å². The third-order valence-corrected chi connectivity index (χ3v) is 3.97. The first-order chi connectivity index (χ1) is 12.0. The maximum Gasteiger partial charge on any atom is 0.379 e. The largest absolute Gasteiger partial charge is 0.489 e. The lowest BCUT2D eigenvalue weighted by atomic mass is 9.99. The molecule has 0 bridgehead atoms. The van der Waals surface area contributed by atoms with Crippen LogP contribution in [0.25, 0.3) is 0 Å². The summed E-state index contributed by atoms with van der Waals surface area (Å²) in [6.45, 7) is 4.00. The minimum absolute atomic E-state index is 0.000702. The van der Waals surface area contributed by atoms with Crippen molar-refractivity contribution in [1.82, 2.24) is 0 Å². The van der Waals surface area contributed by atoms with Crippen molar-refractivity contribution in [3.8, 4) is 5.75 Å². The van der Waals surface area contributed by atoms with E-state index in [9.17, 15) is 14.4 Å². The van der Waals surface area contributed by atoms with Gasteiger partial charge in [-0.25, -0.2) is 4.79 Å². The Bertz CT molecular complexity index is 808. The summed E-state index contributed by atoms with van der Waals surface area (Å²) in [6.07, 6.45) is 1.56. The van der Waals surface area contributed by atoms with Gasteiger partial charge in [-0.2, -0.15) is 0 Å². The van der Waals surface area contributed by atoms with E-state index in [1.165, 1.54) is 11.6 Å². The fraction of sp³-hybridized carbons (Fsp3) is 0.250. The summed E-state index contributed by atoms with van der Waals surface area (Å²) in [5.41, 5.74) is 2.94. The Morgan fingerprint density at radius 2 is 1.92 bits per heavy atom. The minimum atomic E-state index is -0.979. The molecule has 0 atom stereocenters. The van der Waals surface area contributed by atoms with Crippen LogP contribution >= 0.6 is 0 Å². The number of ketones is 1. The van der Waals surface area contributed by atoms with Crippen LogP contribution in [0.15, 0.2) is 36.4 Å². The molecule has 130 valence electrons. The van der Waals surface area contributed by atoms with Crippen molar-refractivity contribution < 1.29 is 23.9 Å². The SMILES string of the molecule is CCc1ccc(OCc2c(C=O)cccc2C(=O)C(=O)OC)c(C)c1. The van der Waals surface area contributed by atoms with Gasteiger partial charge in [-0.05, 0) is 30.5 Å². The number of aryl methyl sites for hydroxylation is 2. The molecule has 0 amide bonds. The van der Waals surface area contributed by atoms with E-state index >= 15 is 0 Å². The molecule has 2 aromatic rings. The molecule has 0 radical (unpaired) electrons. The lowest BCUT2D eigenvalue weighted by molar-refractivity contribution is -0.135. The number of benzene rings is 2. The number of hydrogen-bond acceptors (Lipinski definition) is 5. The quantitative estimate of drug-likeness (QED) is 0.335. The summed E-state index contributed by atoms with van der Waals surface area (Å²) in [7, 11) is 1.14. The Hall–Kier alpha value is -2.95. The van der Waals surface area contributed by atoms with E-state index in [4.69, 9.17) is 4.74 Å². The van der Waals surface area contributed by atoms with E-state index in [2.05, 4.69) is 11.7 Å². The van der Waals surface area contributed by atoms with Gasteiger partial charge in [0.05, 0.1) is 7.11 Å². The first-order valence-electron chi connectivity index (χ1n) is 7.93. The van der Waals surface area contributed by atoms with Gasteiger partial charge in [0, 0.05) is 16.7 Å². The fourth-order valence-electron chi connectivity index (χ4n) is 2.53. The molecule has 25 heavy (non-hydrogen) atoms. The molecular weight excluding hydrogens is 320 g/mol. The van der Waals surface area contributed by atoms with E-state index in [1.807, 2.05) is 25.1 Å². The van der Waals surface area contributed by atoms with Gasteiger partial charge in [0.2, 0.25) is 0 Å². The van der Waals surface area contributed by atoms with Crippen molar-refractivity contribution >= 4 is 18.0 Å². The molecule has 0 aliphatic carbocycles. The van der Waals surface area contributed by atoms with E-state index < -0.39 is 11.8 Å². The molecule has 5 nitrogen and oxygen atoms in total. The van der Waals surface area contributed by atoms with Crippen LogP contribution in [0.3, 0.4) is 0 Å². The number of methoxy groups -OCH3 is 1. The third-order valence-electron chi connectivity index (χ3n) is 3.97. The van der Waals surface area contributed by atoms with E-state index in [0.717, 1.165) is 19.1 Å². The van der Waals surface area contributed by atoms with Crippen LogP contribution in [0.1, 0.15) is 44.3 Å². The predicted molar refractivity (Wildman–Crippen MR) is 93.1 cm³/mol. The van der Waals surface area contributed by atoms with Crippen molar-refractivity contribution in [3.63, 3.8) is 0 Å². The monoisotopic (exact) mass is 340 g/mol. The molecule has 2 aromatic carbocycles. The number of Topliss-reactive ketones (excluding diaryl/α,β-unsaturated/α-hetero) is 1. The van der Waals surface area contributed by atoms with Crippen LogP contribution in [0.2, 0.25) is 0 Å². The van der Waals surface area contributed by atoms with E-state index in [0.29, 0.717) is 23.2 Å². The number of aldehydes is 1. The lowest BCUT2D eigenvalue weighted by Gasteiger charge is -2.14. The summed E-state index contributed by atoms with van der Waals surface area (Å²) in [5.74, 6) is -1.12. The molecule has 0 spiro atoms. The molecule has 0 N–H and O–H groups in total. The number of esters is 1. The highest BCUT2D eigenvalue weighted by molar-refractivity contribution is 6.41. The number of rotatable bonds is 7. The van der Waals surface area contributed by atoms with Gasteiger partial charge < -0.3 is 9.47 Å².